The number of hydrogen-bond donors (Lipinski definition) is 5. The highest BCUT2D eigenvalue weighted by Crippen LogP contribution is 2.68. The number of urea groups is 1. The fourth-order valence-electron chi connectivity index (χ4n) is 9.50. The molecule has 4 rings (SSSR count). The van der Waals surface area contributed by atoms with E-state index in [2.05, 4.69) is 31.4 Å². The number of unbranched alkanes of at least 4 members (excludes halogenated alkanes) is 1. The van der Waals surface area contributed by atoms with E-state index in [1.165, 1.54) is 19.3 Å². The Kier molecular flexibility index (Phi) is 8.60. The van der Waals surface area contributed by atoms with E-state index in [4.69, 9.17) is 5.73 Å². The predicted molar refractivity (Wildman–Crippen MR) is 141 cm³/mol. The summed E-state index contributed by atoms with van der Waals surface area (Å²) in [6, 6.07) is -0.509. The van der Waals surface area contributed by atoms with Crippen molar-refractivity contribution in [1.82, 2.24) is 10.6 Å². The van der Waals surface area contributed by atoms with E-state index in [1.807, 2.05) is 0 Å². The average molecular weight is 506 g/mol. The van der Waals surface area contributed by atoms with Crippen LogP contribution in [0.4, 0.5) is 4.79 Å². The molecule has 0 aliphatic heterocycles. The Morgan fingerprint density at radius 2 is 1.69 bits per heavy atom. The van der Waals surface area contributed by atoms with Crippen LogP contribution in [0.25, 0.3) is 0 Å². The molecule has 0 saturated heterocycles. The Labute approximate surface area is 217 Å². The third-order valence-corrected chi connectivity index (χ3v) is 11.6. The highest BCUT2D eigenvalue weighted by atomic mass is 16.3. The van der Waals surface area contributed by atoms with Crippen LogP contribution in [0.15, 0.2) is 0 Å². The van der Waals surface area contributed by atoms with E-state index >= 15 is 0 Å². The van der Waals surface area contributed by atoms with Gasteiger partial charge in [-0.1, -0.05) is 20.8 Å². The summed E-state index contributed by atoms with van der Waals surface area (Å²) in [5.74, 6) is 3.42. The summed E-state index contributed by atoms with van der Waals surface area (Å²) in [5, 5.41) is 27.6. The molecule has 0 radical (unpaired) electrons. The number of nitrogens with one attached hydrogen (secondary N) is 2. The Hall–Kier alpha value is -1.34. The zero-order valence-corrected chi connectivity index (χ0v) is 22.8. The third kappa shape index (κ3) is 5.29. The van der Waals surface area contributed by atoms with Crippen LogP contribution in [-0.2, 0) is 4.79 Å². The minimum Gasteiger partial charge on any atom is -0.393 e. The molecule has 0 aromatic rings. The van der Waals surface area contributed by atoms with Gasteiger partial charge in [0.2, 0.25) is 5.91 Å². The first-order valence-electron chi connectivity index (χ1n) is 14.7. The van der Waals surface area contributed by atoms with Crippen molar-refractivity contribution in [3.05, 3.63) is 0 Å². The molecule has 0 heterocycles. The first-order valence-corrected chi connectivity index (χ1v) is 14.7. The highest BCUT2D eigenvalue weighted by molar-refractivity contribution is 5.75. The Bertz CT molecular complexity index is 792. The molecule has 36 heavy (non-hydrogen) atoms. The van der Waals surface area contributed by atoms with Crippen LogP contribution in [0.2, 0.25) is 0 Å². The Balaban J connectivity index is 1.30. The quantitative estimate of drug-likeness (QED) is 0.304. The van der Waals surface area contributed by atoms with Crippen molar-refractivity contribution in [3.63, 3.8) is 0 Å². The smallest absolute Gasteiger partial charge is 0.312 e. The number of hydrogen-bond acceptors (Lipinski definition) is 4. The largest absolute Gasteiger partial charge is 0.393 e. The lowest BCUT2D eigenvalue weighted by molar-refractivity contribution is -0.174. The summed E-state index contributed by atoms with van der Waals surface area (Å²) in [6.07, 6.45) is 11.3. The van der Waals surface area contributed by atoms with Gasteiger partial charge in [0.15, 0.2) is 0 Å². The van der Waals surface area contributed by atoms with Crippen molar-refractivity contribution in [2.75, 3.05) is 13.1 Å². The number of primary amides is 1. The molecule has 4 fully saturated rings. The van der Waals surface area contributed by atoms with Gasteiger partial charge in [-0.2, -0.15) is 0 Å². The minimum atomic E-state index is -0.509. The number of aliphatic hydroxyl groups excluding tert-OH is 2. The van der Waals surface area contributed by atoms with Gasteiger partial charge < -0.3 is 26.6 Å². The summed E-state index contributed by atoms with van der Waals surface area (Å²) in [7, 11) is 0. The zero-order valence-electron chi connectivity index (χ0n) is 22.8. The maximum Gasteiger partial charge on any atom is 0.312 e. The lowest BCUT2D eigenvalue weighted by Crippen LogP contribution is -2.58. The monoisotopic (exact) mass is 505 g/mol. The van der Waals surface area contributed by atoms with E-state index in [9.17, 15) is 19.8 Å². The van der Waals surface area contributed by atoms with Crippen LogP contribution in [0.1, 0.15) is 97.8 Å². The van der Waals surface area contributed by atoms with E-state index in [1.54, 1.807) is 0 Å². The number of fused-ring (bicyclic) bond motifs is 5. The van der Waals surface area contributed by atoms with Gasteiger partial charge in [-0.05, 0) is 117 Å². The number of nitrogens with two attached hydrogens (primary N) is 1. The second kappa shape index (κ2) is 11.2. The second-order valence-corrected chi connectivity index (χ2v) is 13.3. The second-order valence-electron chi connectivity index (χ2n) is 13.3. The van der Waals surface area contributed by atoms with Gasteiger partial charge in [-0.3, -0.25) is 4.79 Å². The van der Waals surface area contributed by atoms with Gasteiger partial charge in [0, 0.05) is 19.5 Å². The van der Waals surface area contributed by atoms with Crippen molar-refractivity contribution >= 4 is 11.9 Å². The van der Waals surface area contributed by atoms with E-state index in [0.717, 1.165) is 51.4 Å². The van der Waals surface area contributed by atoms with Gasteiger partial charge in [-0.15, -0.1) is 0 Å². The van der Waals surface area contributed by atoms with Crippen LogP contribution < -0.4 is 16.4 Å². The van der Waals surface area contributed by atoms with Gasteiger partial charge in [0.05, 0.1) is 12.2 Å². The molecular formula is C29H51N3O4. The average Bonchev–Trinajstić information content (AvgIpc) is 3.19. The van der Waals surface area contributed by atoms with E-state index in [-0.39, 0.29) is 28.9 Å². The van der Waals surface area contributed by atoms with E-state index in [0.29, 0.717) is 55.0 Å². The SMILES string of the molecule is C[C@@H](CCC(=O)NCCCCNC(N)=O)[C@@H]1CC[C@@H]2[C@H]3CC[C@H]4C[C@@H](O)CC[C@@]4(C)[C@@H]3C[C@@H](O)[C@]21C. The summed E-state index contributed by atoms with van der Waals surface area (Å²) >= 11 is 0. The lowest BCUT2D eigenvalue weighted by Gasteiger charge is -2.62. The Morgan fingerprint density at radius 1 is 0.972 bits per heavy atom. The summed E-state index contributed by atoms with van der Waals surface area (Å²) in [4.78, 5) is 23.1. The molecule has 0 aromatic heterocycles. The minimum absolute atomic E-state index is 0.0537. The van der Waals surface area contributed by atoms with Crippen molar-refractivity contribution in [1.29, 1.82) is 0 Å². The van der Waals surface area contributed by atoms with Crippen LogP contribution >= 0.6 is 0 Å². The van der Waals surface area contributed by atoms with Crippen molar-refractivity contribution in [2.45, 2.75) is 110 Å². The molecule has 10 atom stereocenters. The summed E-state index contributed by atoms with van der Waals surface area (Å²) in [6.45, 7) is 8.29. The molecule has 206 valence electrons. The number of rotatable bonds is 9. The molecule has 0 spiro atoms. The Morgan fingerprint density at radius 3 is 2.42 bits per heavy atom. The summed E-state index contributed by atoms with van der Waals surface area (Å²) < 4.78 is 0. The number of aliphatic hydroxyl groups is 2. The standard InChI is InChI=1S/C29H51N3O4/c1-18(6-11-26(35)31-14-4-5-15-32-27(30)36)22-9-10-23-21-8-7-19-16-20(33)12-13-28(19,2)24(21)17-25(34)29(22,23)3/h18-25,33-34H,4-17H2,1-3H3,(H,31,35)(H3,30,32,36)/t18-,19-,20-,21+,22-,23+,24+,25+,28+,29-/m0/s1. The van der Waals surface area contributed by atoms with E-state index < -0.39 is 6.03 Å². The normalized spacial score (nSPS) is 42.5. The number of amides is 3. The first-order chi connectivity index (χ1) is 17.1. The predicted octanol–water partition coefficient (Wildman–Crippen LogP) is 3.96. The maximum atomic E-state index is 12.4. The molecule has 4 saturated carbocycles. The fraction of sp³-hybridized carbons (Fsp3) is 0.931. The molecule has 4 aliphatic carbocycles. The van der Waals surface area contributed by atoms with Crippen molar-refractivity contribution < 1.29 is 19.8 Å². The molecule has 0 unspecified atom stereocenters. The van der Waals surface area contributed by atoms with Crippen LogP contribution in [0.5, 0.6) is 0 Å². The summed E-state index contributed by atoms with van der Waals surface area (Å²) in [5.41, 5.74) is 5.27. The van der Waals surface area contributed by atoms with Crippen LogP contribution in [0, 0.1) is 46.3 Å². The third-order valence-electron chi connectivity index (χ3n) is 11.6. The fourth-order valence-corrected chi connectivity index (χ4v) is 9.50. The van der Waals surface area contributed by atoms with Crippen LogP contribution in [0.3, 0.4) is 0 Å². The molecule has 7 heteroatoms. The molecule has 3 amide bonds. The maximum absolute atomic E-state index is 12.4. The first kappa shape index (κ1) is 27.7. The molecular weight excluding hydrogens is 454 g/mol. The molecule has 4 aliphatic rings. The van der Waals surface area contributed by atoms with Gasteiger partial charge >= 0.3 is 6.03 Å². The zero-order chi connectivity index (χ0) is 26.1. The van der Waals surface area contributed by atoms with Crippen molar-refractivity contribution in [3.8, 4) is 0 Å². The lowest BCUT2D eigenvalue weighted by atomic mass is 9.43. The van der Waals surface area contributed by atoms with Gasteiger partial charge in [0.1, 0.15) is 0 Å². The van der Waals surface area contributed by atoms with Gasteiger partial charge in [-0.25, -0.2) is 4.79 Å². The molecule has 0 aromatic carbocycles. The molecule has 7 nitrogen and oxygen atoms in total. The van der Waals surface area contributed by atoms with Gasteiger partial charge in [0.25, 0.3) is 0 Å². The molecule has 0 bridgehead atoms. The number of carbonyl (C=O) groups excluding carboxylic acids is 2. The molecule has 6 N–H and O–H groups in total. The highest BCUT2D eigenvalue weighted by Gasteiger charge is 2.63. The number of carbonyl (C=O) groups is 2. The van der Waals surface area contributed by atoms with Crippen LogP contribution in [-0.4, -0.2) is 47.4 Å². The van der Waals surface area contributed by atoms with Crippen molar-refractivity contribution in [2.24, 2.45) is 52.1 Å². The topological polar surface area (TPSA) is 125 Å².